The summed E-state index contributed by atoms with van der Waals surface area (Å²) in [6.45, 7) is 10.7. The number of methoxy groups -OCH3 is 1. The van der Waals surface area contributed by atoms with Crippen molar-refractivity contribution in [2.24, 2.45) is 15.9 Å². The zero-order chi connectivity index (χ0) is 26.1. The molecule has 0 aliphatic carbocycles. The minimum atomic E-state index is 0.0272. The van der Waals surface area contributed by atoms with Crippen LogP contribution in [0.25, 0.3) is 0 Å². The largest absolute Gasteiger partial charge is 0.497 e. The van der Waals surface area contributed by atoms with E-state index in [1.807, 2.05) is 6.07 Å². The highest BCUT2D eigenvalue weighted by Gasteiger charge is 2.41. The van der Waals surface area contributed by atoms with Crippen molar-refractivity contribution >= 4 is 23.0 Å². The lowest BCUT2D eigenvalue weighted by molar-refractivity contribution is 0.0672. The number of morpholine rings is 1. The number of piperazine rings is 1. The fraction of sp³-hybridized carbons (Fsp3) is 0.533. The Hall–Kier alpha value is -3.10. The summed E-state index contributed by atoms with van der Waals surface area (Å²) >= 11 is 0. The summed E-state index contributed by atoms with van der Waals surface area (Å²) in [5.41, 5.74) is 6.32. The molecule has 8 heteroatoms. The number of ether oxygens (including phenoxy) is 2. The van der Waals surface area contributed by atoms with E-state index < -0.39 is 0 Å². The quantitative estimate of drug-likeness (QED) is 0.608. The highest BCUT2D eigenvalue weighted by atomic mass is 16.5. The molecule has 4 heterocycles. The van der Waals surface area contributed by atoms with E-state index in [2.05, 4.69) is 70.0 Å². The lowest BCUT2D eigenvalue weighted by Crippen LogP contribution is -2.46. The summed E-state index contributed by atoms with van der Waals surface area (Å²) in [5, 5.41) is 0. The predicted molar refractivity (Wildman–Crippen MR) is 154 cm³/mol. The van der Waals surface area contributed by atoms with Crippen LogP contribution in [-0.4, -0.2) is 101 Å². The summed E-state index contributed by atoms with van der Waals surface area (Å²) in [6, 6.07) is 15.4. The summed E-state index contributed by atoms with van der Waals surface area (Å²) in [4.78, 5) is 20.3. The molecule has 6 rings (SSSR count). The van der Waals surface area contributed by atoms with Gasteiger partial charge in [0.15, 0.2) is 0 Å². The van der Waals surface area contributed by atoms with Crippen molar-refractivity contribution in [1.82, 2.24) is 9.80 Å². The van der Waals surface area contributed by atoms with Crippen molar-refractivity contribution in [2.75, 3.05) is 83.0 Å². The molecule has 0 spiro atoms. The third-order valence-electron chi connectivity index (χ3n) is 8.46. The summed E-state index contributed by atoms with van der Waals surface area (Å²) in [6.07, 6.45) is 2.10. The van der Waals surface area contributed by atoms with Crippen molar-refractivity contribution in [3.05, 3.63) is 53.6 Å². The van der Waals surface area contributed by atoms with Gasteiger partial charge < -0.3 is 29.1 Å². The van der Waals surface area contributed by atoms with E-state index in [1.165, 1.54) is 16.9 Å². The van der Waals surface area contributed by atoms with Crippen LogP contribution in [0.3, 0.4) is 0 Å². The number of aliphatic imine (C=N–C) groups is 2. The molecule has 0 saturated carbocycles. The average molecular weight is 517 g/mol. The molecule has 0 aromatic heterocycles. The average Bonchev–Trinajstić information content (AvgIpc) is 3.41. The van der Waals surface area contributed by atoms with Gasteiger partial charge in [0.25, 0.3) is 0 Å². The van der Waals surface area contributed by atoms with E-state index in [1.54, 1.807) is 7.11 Å². The Balaban J connectivity index is 1.36. The lowest BCUT2D eigenvalue weighted by Gasteiger charge is -2.37. The van der Waals surface area contributed by atoms with Crippen LogP contribution in [0, 0.1) is 5.92 Å². The van der Waals surface area contributed by atoms with Crippen LogP contribution < -0.4 is 14.5 Å². The number of rotatable bonds is 5. The molecule has 0 radical (unpaired) electrons. The molecule has 2 atom stereocenters. The molecule has 3 fully saturated rings. The Morgan fingerprint density at radius 3 is 2.53 bits per heavy atom. The van der Waals surface area contributed by atoms with Gasteiger partial charge in [-0.05, 0) is 49.7 Å². The maximum Gasteiger partial charge on any atom is 0.223 e. The maximum atomic E-state index is 5.63. The number of nitrogens with zero attached hydrogens (tertiary/aromatic N) is 6. The smallest absolute Gasteiger partial charge is 0.223 e. The van der Waals surface area contributed by atoms with Gasteiger partial charge in [0.2, 0.25) is 5.96 Å². The highest BCUT2D eigenvalue weighted by molar-refractivity contribution is 6.10. The van der Waals surface area contributed by atoms with Crippen molar-refractivity contribution in [1.29, 1.82) is 0 Å². The number of fused-ring (bicyclic) bond motifs is 1. The summed E-state index contributed by atoms with van der Waals surface area (Å²) in [5.74, 6) is 1.94. The Bertz CT molecular complexity index is 1200. The zero-order valence-electron chi connectivity index (χ0n) is 23.0. The van der Waals surface area contributed by atoms with Crippen molar-refractivity contribution in [3.63, 3.8) is 0 Å². The Morgan fingerprint density at radius 2 is 1.76 bits per heavy atom. The van der Waals surface area contributed by atoms with Gasteiger partial charge in [0, 0.05) is 68.7 Å². The second-order valence-electron chi connectivity index (χ2n) is 10.7. The first kappa shape index (κ1) is 25.2. The van der Waals surface area contributed by atoms with E-state index in [-0.39, 0.29) is 12.1 Å². The monoisotopic (exact) mass is 516 g/mol. The van der Waals surface area contributed by atoms with E-state index in [9.17, 15) is 0 Å². The number of benzene rings is 2. The van der Waals surface area contributed by atoms with E-state index in [0.29, 0.717) is 13.2 Å². The van der Waals surface area contributed by atoms with Crippen molar-refractivity contribution in [3.8, 4) is 5.75 Å². The lowest BCUT2D eigenvalue weighted by atomic mass is 9.92. The Kier molecular flexibility index (Phi) is 7.26. The van der Waals surface area contributed by atoms with Crippen LogP contribution in [0.1, 0.15) is 24.5 Å². The molecule has 202 valence electrons. The Labute approximate surface area is 226 Å². The molecule has 2 aromatic rings. The first-order chi connectivity index (χ1) is 18.6. The second-order valence-corrected chi connectivity index (χ2v) is 10.7. The molecule has 0 N–H and O–H groups in total. The number of guanidine groups is 1. The highest BCUT2D eigenvalue weighted by Crippen LogP contribution is 2.38. The molecule has 3 saturated heterocycles. The molecule has 0 amide bonds. The minimum Gasteiger partial charge on any atom is -0.497 e. The zero-order valence-corrected chi connectivity index (χ0v) is 23.0. The van der Waals surface area contributed by atoms with Gasteiger partial charge in [-0.2, -0.15) is 0 Å². The van der Waals surface area contributed by atoms with Crippen molar-refractivity contribution < 1.29 is 9.47 Å². The topological polar surface area (TPSA) is 56.1 Å². The van der Waals surface area contributed by atoms with Gasteiger partial charge in [0.1, 0.15) is 11.9 Å². The third kappa shape index (κ3) is 4.87. The van der Waals surface area contributed by atoms with E-state index in [0.717, 1.165) is 81.6 Å². The number of hydrogen-bond acceptors (Lipinski definition) is 8. The van der Waals surface area contributed by atoms with E-state index in [4.69, 9.17) is 19.5 Å². The van der Waals surface area contributed by atoms with E-state index >= 15 is 0 Å². The second kappa shape index (κ2) is 10.9. The van der Waals surface area contributed by atoms with Gasteiger partial charge in [-0.1, -0.05) is 25.1 Å². The Morgan fingerprint density at radius 1 is 0.947 bits per heavy atom. The van der Waals surface area contributed by atoms with Crippen LogP contribution in [0.2, 0.25) is 0 Å². The maximum absolute atomic E-state index is 5.63. The standard InChI is InChI=1S/C30H40N6O2/c1-4-22-8-9-24(21-27(22)34-14-12-33(2)13-15-34)36-11-10-26-28(23-6-5-7-25(20-23)37-3)31-30(32-29(26)36)35-16-18-38-19-17-35/h5-9,20-21,26,29H,4,10-19H2,1-3H3. The van der Waals surface area contributed by atoms with Crippen LogP contribution in [-0.2, 0) is 11.2 Å². The molecule has 8 nitrogen and oxygen atoms in total. The molecular formula is C30H40N6O2. The summed E-state index contributed by atoms with van der Waals surface area (Å²) in [7, 11) is 3.94. The van der Waals surface area contributed by atoms with Gasteiger partial charge in [-0.15, -0.1) is 0 Å². The molecule has 38 heavy (non-hydrogen) atoms. The van der Waals surface area contributed by atoms with Gasteiger partial charge >= 0.3 is 0 Å². The van der Waals surface area contributed by atoms with Gasteiger partial charge in [-0.25, -0.2) is 9.98 Å². The SMILES string of the molecule is CCc1ccc(N2CCC3C(c4cccc(OC)c4)=NC(N4CCOCC4)=NC32)cc1N1CCN(C)CC1. The normalized spacial score (nSPS) is 24.2. The molecule has 2 aromatic carbocycles. The molecule has 4 aliphatic rings. The number of likely N-dealkylation sites (N-methyl/N-ethyl adjacent to an activating group) is 1. The van der Waals surface area contributed by atoms with Crippen LogP contribution in [0.5, 0.6) is 5.75 Å². The first-order valence-corrected chi connectivity index (χ1v) is 14.1. The fourth-order valence-corrected chi connectivity index (χ4v) is 6.18. The number of hydrogen-bond donors (Lipinski definition) is 0. The van der Waals surface area contributed by atoms with Crippen LogP contribution in [0.4, 0.5) is 11.4 Å². The molecule has 2 unspecified atom stereocenters. The molecular weight excluding hydrogens is 476 g/mol. The number of anilines is 2. The number of aryl methyl sites for hydroxylation is 1. The van der Waals surface area contributed by atoms with Gasteiger partial charge in [0.05, 0.1) is 26.0 Å². The van der Waals surface area contributed by atoms with Crippen molar-refractivity contribution in [2.45, 2.75) is 25.9 Å². The predicted octanol–water partition coefficient (Wildman–Crippen LogP) is 3.35. The van der Waals surface area contributed by atoms with Crippen LogP contribution >= 0.6 is 0 Å². The fourth-order valence-electron chi connectivity index (χ4n) is 6.18. The van der Waals surface area contributed by atoms with Crippen LogP contribution in [0.15, 0.2) is 52.4 Å². The van der Waals surface area contributed by atoms with Gasteiger partial charge in [-0.3, -0.25) is 0 Å². The first-order valence-electron chi connectivity index (χ1n) is 14.1. The minimum absolute atomic E-state index is 0.0272. The third-order valence-corrected chi connectivity index (χ3v) is 8.46. The summed E-state index contributed by atoms with van der Waals surface area (Å²) < 4.78 is 11.2. The molecule has 4 aliphatic heterocycles. The molecule has 0 bridgehead atoms.